The maximum Gasteiger partial charge on any atom is 0.244 e. The van der Waals surface area contributed by atoms with Crippen LogP contribution in [0, 0.1) is 5.82 Å². The molecular formula is C18H17ClFN5O. The summed E-state index contributed by atoms with van der Waals surface area (Å²) in [5, 5.41) is 14.0. The zero-order valence-corrected chi connectivity index (χ0v) is 14.8. The SMILES string of the molecule is COc1cccc(CCNc2nncc(Nc3ccc(F)c(Cl)c3)n2)c1. The first-order valence-electron chi connectivity index (χ1n) is 7.92. The molecule has 0 aliphatic rings. The topological polar surface area (TPSA) is 72.0 Å². The fourth-order valence-corrected chi connectivity index (χ4v) is 2.49. The number of methoxy groups -OCH3 is 1. The van der Waals surface area contributed by atoms with Gasteiger partial charge in [-0.15, -0.1) is 5.10 Å². The van der Waals surface area contributed by atoms with Crippen molar-refractivity contribution in [3.05, 3.63) is 65.1 Å². The largest absolute Gasteiger partial charge is 0.497 e. The molecule has 26 heavy (non-hydrogen) atoms. The van der Waals surface area contributed by atoms with Gasteiger partial charge in [0.1, 0.15) is 11.6 Å². The molecule has 8 heteroatoms. The summed E-state index contributed by atoms with van der Waals surface area (Å²) in [5.41, 5.74) is 1.75. The zero-order valence-electron chi connectivity index (χ0n) is 14.0. The van der Waals surface area contributed by atoms with E-state index in [-0.39, 0.29) is 5.02 Å². The number of hydrogen-bond donors (Lipinski definition) is 2. The highest BCUT2D eigenvalue weighted by molar-refractivity contribution is 6.31. The molecule has 3 rings (SSSR count). The molecular weight excluding hydrogens is 357 g/mol. The molecule has 0 atom stereocenters. The highest BCUT2D eigenvalue weighted by atomic mass is 35.5. The molecule has 1 heterocycles. The maximum atomic E-state index is 13.2. The van der Waals surface area contributed by atoms with Gasteiger partial charge in [-0.3, -0.25) is 0 Å². The average molecular weight is 374 g/mol. The third-order valence-electron chi connectivity index (χ3n) is 3.58. The number of hydrogen-bond acceptors (Lipinski definition) is 6. The highest BCUT2D eigenvalue weighted by Gasteiger charge is 2.04. The predicted molar refractivity (Wildman–Crippen MR) is 99.7 cm³/mol. The lowest BCUT2D eigenvalue weighted by Gasteiger charge is -2.08. The van der Waals surface area contributed by atoms with E-state index in [9.17, 15) is 4.39 Å². The van der Waals surface area contributed by atoms with E-state index < -0.39 is 5.82 Å². The second kappa shape index (κ2) is 8.44. The Labute approximate surface area is 155 Å². The minimum atomic E-state index is -0.474. The normalized spacial score (nSPS) is 10.4. The molecule has 2 N–H and O–H groups in total. The second-order valence-electron chi connectivity index (χ2n) is 5.45. The summed E-state index contributed by atoms with van der Waals surface area (Å²) < 4.78 is 18.4. The number of rotatable bonds is 7. The Bertz CT molecular complexity index is 893. The number of ether oxygens (including phenoxy) is 1. The van der Waals surface area contributed by atoms with Crippen LogP contribution in [0.2, 0.25) is 5.02 Å². The Morgan fingerprint density at radius 1 is 1.19 bits per heavy atom. The Kier molecular flexibility index (Phi) is 5.80. The Hall–Kier alpha value is -2.93. The van der Waals surface area contributed by atoms with Crippen molar-refractivity contribution >= 4 is 29.1 Å². The first kappa shape index (κ1) is 17.9. The quantitative estimate of drug-likeness (QED) is 0.650. The zero-order chi connectivity index (χ0) is 18.4. The van der Waals surface area contributed by atoms with Crippen LogP contribution in [0.15, 0.2) is 48.7 Å². The van der Waals surface area contributed by atoms with Crippen LogP contribution in [0.4, 0.5) is 21.8 Å². The molecule has 0 saturated heterocycles. The number of aromatic nitrogens is 3. The first-order chi connectivity index (χ1) is 12.6. The third-order valence-corrected chi connectivity index (χ3v) is 3.87. The smallest absolute Gasteiger partial charge is 0.244 e. The van der Waals surface area contributed by atoms with E-state index in [1.165, 1.54) is 18.3 Å². The molecule has 6 nitrogen and oxygen atoms in total. The molecule has 0 spiro atoms. The van der Waals surface area contributed by atoms with Gasteiger partial charge in [0, 0.05) is 12.2 Å². The first-order valence-corrected chi connectivity index (χ1v) is 8.30. The highest BCUT2D eigenvalue weighted by Crippen LogP contribution is 2.22. The Morgan fingerprint density at radius 2 is 2.08 bits per heavy atom. The van der Waals surface area contributed by atoms with Gasteiger partial charge in [0.05, 0.1) is 18.3 Å². The standard InChI is InChI=1S/C18H17ClFN5O/c1-26-14-4-2-3-12(9-14)7-8-21-18-24-17(11-22-25-18)23-13-5-6-16(20)15(19)10-13/h2-6,9-11H,7-8H2,1H3,(H2,21,23,24,25). The van der Waals surface area contributed by atoms with E-state index in [2.05, 4.69) is 25.8 Å². The number of nitrogens with zero attached hydrogens (tertiary/aromatic N) is 3. The number of anilines is 3. The Balaban J connectivity index is 1.59. The van der Waals surface area contributed by atoms with Gasteiger partial charge >= 0.3 is 0 Å². The molecule has 0 bridgehead atoms. The second-order valence-corrected chi connectivity index (χ2v) is 5.85. The molecule has 134 valence electrons. The lowest BCUT2D eigenvalue weighted by Crippen LogP contribution is -2.09. The van der Waals surface area contributed by atoms with Crippen LogP contribution < -0.4 is 15.4 Å². The van der Waals surface area contributed by atoms with E-state index in [0.29, 0.717) is 24.0 Å². The monoisotopic (exact) mass is 373 g/mol. The summed E-state index contributed by atoms with van der Waals surface area (Å²) in [6, 6.07) is 12.2. The minimum absolute atomic E-state index is 0.0358. The summed E-state index contributed by atoms with van der Waals surface area (Å²) in [7, 11) is 1.64. The lowest BCUT2D eigenvalue weighted by molar-refractivity contribution is 0.414. The maximum absolute atomic E-state index is 13.2. The molecule has 0 radical (unpaired) electrons. The van der Waals surface area contributed by atoms with Crippen LogP contribution in [0.5, 0.6) is 5.75 Å². The Morgan fingerprint density at radius 3 is 2.88 bits per heavy atom. The van der Waals surface area contributed by atoms with Crippen molar-refractivity contribution in [2.24, 2.45) is 0 Å². The van der Waals surface area contributed by atoms with Crippen molar-refractivity contribution < 1.29 is 9.13 Å². The van der Waals surface area contributed by atoms with E-state index in [0.717, 1.165) is 17.7 Å². The summed E-state index contributed by atoms with van der Waals surface area (Å²) >= 11 is 5.78. The predicted octanol–water partition coefficient (Wildman–Crippen LogP) is 4.07. The molecule has 0 unspecified atom stereocenters. The van der Waals surface area contributed by atoms with Crippen molar-refractivity contribution in [2.45, 2.75) is 6.42 Å². The van der Waals surface area contributed by atoms with E-state index in [1.54, 1.807) is 13.2 Å². The van der Waals surface area contributed by atoms with Crippen molar-refractivity contribution in [3.63, 3.8) is 0 Å². The van der Waals surface area contributed by atoms with Gasteiger partial charge in [0.15, 0.2) is 5.82 Å². The average Bonchev–Trinajstić information content (AvgIpc) is 2.65. The van der Waals surface area contributed by atoms with E-state index >= 15 is 0 Å². The third kappa shape index (κ3) is 4.80. The molecule has 0 amide bonds. The van der Waals surface area contributed by atoms with Crippen LogP contribution in [-0.2, 0) is 6.42 Å². The summed E-state index contributed by atoms with van der Waals surface area (Å²) in [6.07, 6.45) is 2.26. The van der Waals surface area contributed by atoms with Gasteiger partial charge in [-0.2, -0.15) is 10.1 Å². The fourth-order valence-electron chi connectivity index (χ4n) is 2.31. The lowest BCUT2D eigenvalue weighted by atomic mass is 10.1. The van der Waals surface area contributed by atoms with Gasteiger partial charge < -0.3 is 15.4 Å². The van der Waals surface area contributed by atoms with Gasteiger partial charge in [-0.25, -0.2) is 4.39 Å². The van der Waals surface area contributed by atoms with Crippen molar-refractivity contribution in [1.82, 2.24) is 15.2 Å². The van der Waals surface area contributed by atoms with Crippen LogP contribution in [0.3, 0.4) is 0 Å². The number of halogens is 2. The molecule has 0 aliphatic heterocycles. The molecule has 1 aromatic heterocycles. The summed E-state index contributed by atoms with van der Waals surface area (Å²) in [5.74, 6) is 1.22. The van der Waals surface area contributed by atoms with Crippen LogP contribution in [0.1, 0.15) is 5.56 Å². The van der Waals surface area contributed by atoms with E-state index in [4.69, 9.17) is 16.3 Å². The molecule has 0 aliphatic carbocycles. The van der Waals surface area contributed by atoms with Gasteiger partial charge in [0.25, 0.3) is 0 Å². The van der Waals surface area contributed by atoms with Crippen molar-refractivity contribution in [1.29, 1.82) is 0 Å². The van der Waals surface area contributed by atoms with Crippen LogP contribution in [0.25, 0.3) is 0 Å². The minimum Gasteiger partial charge on any atom is -0.497 e. The van der Waals surface area contributed by atoms with Crippen LogP contribution in [-0.4, -0.2) is 28.8 Å². The van der Waals surface area contributed by atoms with Gasteiger partial charge in [0.2, 0.25) is 5.95 Å². The van der Waals surface area contributed by atoms with Crippen molar-refractivity contribution in [2.75, 3.05) is 24.3 Å². The van der Waals surface area contributed by atoms with Crippen molar-refractivity contribution in [3.8, 4) is 5.75 Å². The molecule has 0 saturated carbocycles. The van der Waals surface area contributed by atoms with Gasteiger partial charge in [-0.1, -0.05) is 23.7 Å². The van der Waals surface area contributed by atoms with Crippen LogP contribution >= 0.6 is 11.6 Å². The number of benzene rings is 2. The summed E-state index contributed by atoms with van der Waals surface area (Å²) in [6.45, 7) is 0.640. The summed E-state index contributed by atoms with van der Waals surface area (Å²) in [4.78, 5) is 4.33. The fraction of sp³-hybridized carbons (Fsp3) is 0.167. The molecule has 3 aromatic rings. The number of nitrogens with one attached hydrogen (secondary N) is 2. The van der Waals surface area contributed by atoms with E-state index in [1.807, 2.05) is 24.3 Å². The molecule has 2 aromatic carbocycles. The molecule has 0 fully saturated rings. The van der Waals surface area contributed by atoms with Gasteiger partial charge in [-0.05, 0) is 42.3 Å².